The van der Waals surface area contributed by atoms with Crippen molar-refractivity contribution < 1.29 is 17.1 Å². The zero-order valence-corrected chi connectivity index (χ0v) is 8.34. The first-order valence-electron chi connectivity index (χ1n) is 3.92. The Bertz CT molecular complexity index is 298. The first kappa shape index (κ1) is 7.94. The van der Waals surface area contributed by atoms with E-state index in [4.69, 9.17) is 0 Å². The van der Waals surface area contributed by atoms with Gasteiger partial charge in [-0.15, -0.1) is 0 Å². The summed E-state index contributed by atoms with van der Waals surface area (Å²) in [6, 6.07) is 0. The van der Waals surface area contributed by atoms with Crippen molar-refractivity contribution >= 4 is 4.42 Å². The SMILES string of the molecule is C1=CCC[C]([Ru][c]2ncc[nH]2)=C1. The average Bonchev–Trinajstić information content (AvgIpc) is 2.59. The van der Waals surface area contributed by atoms with E-state index in [1.165, 1.54) is 12.8 Å². The molecule has 2 rings (SSSR count). The summed E-state index contributed by atoms with van der Waals surface area (Å²) in [6.07, 6.45) is 12.7. The fourth-order valence-electron chi connectivity index (χ4n) is 1.04. The van der Waals surface area contributed by atoms with Crippen molar-refractivity contribution in [3.05, 3.63) is 34.8 Å². The van der Waals surface area contributed by atoms with E-state index < -0.39 is 0 Å². The molecule has 0 bridgehead atoms. The Balaban J connectivity index is 2.03. The van der Waals surface area contributed by atoms with Crippen LogP contribution in [-0.2, 0) is 17.1 Å². The third kappa shape index (κ3) is 1.92. The third-order valence-corrected chi connectivity index (χ3v) is 3.78. The van der Waals surface area contributed by atoms with Crippen LogP contribution in [-0.4, -0.2) is 9.97 Å². The molecule has 1 N–H and O–H groups in total. The summed E-state index contributed by atoms with van der Waals surface area (Å²) in [6.45, 7) is 0. The van der Waals surface area contributed by atoms with Crippen LogP contribution in [0.4, 0.5) is 0 Å². The maximum absolute atomic E-state index is 4.23. The fraction of sp³-hybridized carbons (Fsp3) is 0.222. The standard InChI is InChI=1S/C6H7.C3H3N2.Ru/c1-2-4-6-5-3-1;1-2-5-3-4-1;/h1-3H,4,6H2;1-2H,(H,4,5);. The number of rotatable bonds is 2. The van der Waals surface area contributed by atoms with Crippen molar-refractivity contribution in [2.75, 3.05) is 0 Å². The molecule has 0 unspecified atom stereocenters. The molecule has 0 aliphatic heterocycles. The third-order valence-electron chi connectivity index (χ3n) is 1.61. The van der Waals surface area contributed by atoms with E-state index in [0.29, 0.717) is 0 Å². The Morgan fingerprint density at radius 2 is 2.50 bits per heavy atom. The molecule has 1 aliphatic carbocycles. The Kier molecular flexibility index (Phi) is 2.52. The van der Waals surface area contributed by atoms with E-state index >= 15 is 0 Å². The summed E-state index contributed by atoms with van der Waals surface area (Å²) >= 11 is 0.165. The molecular formula is C9H10N2Ru. The number of hydrogen-bond acceptors (Lipinski definition) is 1. The van der Waals surface area contributed by atoms with Gasteiger partial charge < -0.3 is 0 Å². The van der Waals surface area contributed by atoms with Crippen molar-refractivity contribution in [3.8, 4) is 0 Å². The van der Waals surface area contributed by atoms with Crippen molar-refractivity contribution in [1.82, 2.24) is 9.97 Å². The number of nitrogens with one attached hydrogen (secondary N) is 1. The van der Waals surface area contributed by atoms with Gasteiger partial charge >= 0.3 is 79.1 Å². The van der Waals surface area contributed by atoms with Crippen molar-refractivity contribution in [2.24, 2.45) is 0 Å². The van der Waals surface area contributed by atoms with E-state index in [1.807, 2.05) is 12.4 Å². The molecule has 3 heteroatoms. The molecule has 0 saturated carbocycles. The van der Waals surface area contributed by atoms with E-state index in [2.05, 4.69) is 28.2 Å². The fourth-order valence-corrected chi connectivity index (χ4v) is 2.86. The molecule has 0 atom stereocenters. The Morgan fingerprint density at radius 1 is 1.50 bits per heavy atom. The topological polar surface area (TPSA) is 28.7 Å². The zero-order chi connectivity index (χ0) is 8.23. The molecule has 0 spiro atoms. The number of aromatic nitrogens is 2. The van der Waals surface area contributed by atoms with Crippen LogP contribution >= 0.6 is 0 Å². The molecule has 0 saturated heterocycles. The number of aromatic amines is 1. The maximum atomic E-state index is 4.23. The van der Waals surface area contributed by atoms with Crippen LogP contribution in [0.3, 0.4) is 0 Å². The van der Waals surface area contributed by atoms with Crippen LogP contribution in [0.5, 0.6) is 0 Å². The summed E-state index contributed by atoms with van der Waals surface area (Å²) in [5.74, 6) is 0. The van der Waals surface area contributed by atoms with Gasteiger partial charge in [-0.05, 0) is 0 Å². The molecule has 1 aromatic heterocycles. The van der Waals surface area contributed by atoms with Crippen LogP contribution < -0.4 is 4.42 Å². The van der Waals surface area contributed by atoms with Gasteiger partial charge in [-0.3, -0.25) is 0 Å². The average molecular weight is 247 g/mol. The molecule has 64 valence electrons. The second-order valence-electron chi connectivity index (χ2n) is 2.52. The number of imidazole rings is 1. The van der Waals surface area contributed by atoms with Crippen molar-refractivity contribution in [2.45, 2.75) is 12.8 Å². The summed E-state index contributed by atoms with van der Waals surface area (Å²) < 4.78 is 2.71. The van der Waals surface area contributed by atoms with Gasteiger partial charge in [0, 0.05) is 0 Å². The monoisotopic (exact) mass is 248 g/mol. The van der Waals surface area contributed by atoms with Crippen molar-refractivity contribution in [1.29, 1.82) is 0 Å². The summed E-state index contributed by atoms with van der Waals surface area (Å²) in [5.41, 5.74) is 0. The zero-order valence-electron chi connectivity index (χ0n) is 6.60. The van der Waals surface area contributed by atoms with Gasteiger partial charge in [0.15, 0.2) is 0 Å². The minimum absolute atomic E-state index is 0.165. The molecule has 2 nitrogen and oxygen atoms in total. The van der Waals surface area contributed by atoms with E-state index in [9.17, 15) is 0 Å². The number of nitrogens with zero attached hydrogens (tertiary/aromatic N) is 1. The summed E-state index contributed by atoms with van der Waals surface area (Å²) in [7, 11) is 0. The number of allylic oxidation sites excluding steroid dienone is 4. The van der Waals surface area contributed by atoms with Gasteiger partial charge in [0.2, 0.25) is 0 Å². The van der Waals surface area contributed by atoms with Gasteiger partial charge in [0.1, 0.15) is 0 Å². The molecule has 1 aliphatic rings. The van der Waals surface area contributed by atoms with Crippen LogP contribution in [0.25, 0.3) is 0 Å². The first-order chi connectivity index (χ1) is 5.95. The van der Waals surface area contributed by atoms with Gasteiger partial charge in [-0.25, -0.2) is 0 Å². The molecule has 0 radical (unpaired) electrons. The summed E-state index contributed by atoms with van der Waals surface area (Å²) in [4.78, 5) is 7.38. The Morgan fingerprint density at radius 3 is 3.17 bits per heavy atom. The second-order valence-corrected chi connectivity index (χ2v) is 4.90. The molecule has 0 aromatic carbocycles. The van der Waals surface area contributed by atoms with Gasteiger partial charge in [-0.2, -0.15) is 0 Å². The van der Waals surface area contributed by atoms with E-state index in [-0.39, 0.29) is 17.1 Å². The van der Waals surface area contributed by atoms with Crippen LogP contribution in [0, 0.1) is 0 Å². The van der Waals surface area contributed by atoms with Gasteiger partial charge in [0.25, 0.3) is 0 Å². The predicted octanol–water partition coefficient (Wildman–Crippen LogP) is 1.35. The number of H-pyrrole nitrogens is 1. The predicted molar refractivity (Wildman–Crippen MR) is 44.7 cm³/mol. The Hall–Kier alpha value is -0.687. The van der Waals surface area contributed by atoms with E-state index in [1.54, 1.807) is 4.17 Å². The van der Waals surface area contributed by atoms with Crippen LogP contribution in [0.1, 0.15) is 12.8 Å². The van der Waals surface area contributed by atoms with Crippen LogP contribution in [0.2, 0.25) is 0 Å². The Labute approximate surface area is 79.4 Å². The molecule has 1 aromatic rings. The summed E-state index contributed by atoms with van der Waals surface area (Å²) in [5, 5.41) is 0. The van der Waals surface area contributed by atoms with Crippen LogP contribution in [0.15, 0.2) is 34.8 Å². The normalized spacial score (nSPS) is 16.5. The molecule has 0 fully saturated rings. The molecule has 0 amide bonds. The van der Waals surface area contributed by atoms with Gasteiger partial charge in [0.05, 0.1) is 0 Å². The van der Waals surface area contributed by atoms with E-state index in [0.717, 1.165) is 4.42 Å². The first-order valence-corrected chi connectivity index (χ1v) is 5.66. The quantitative estimate of drug-likeness (QED) is 0.785. The van der Waals surface area contributed by atoms with Crippen molar-refractivity contribution in [3.63, 3.8) is 0 Å². The number of hydrogen-bond donors (Lipinski definition) is 1. The minimum atomic E-state index is 0.165. The molecular weight excluding hydrogens is 237 g/mol. The van der Waals surface area contributed by atoms with Gasteiger partial charge in [-0.1, -0.05) is 0 Å². The second kappa shape index (κ2) is 3.81. The molecule has 12 heavy (non-hydrogen) atoms. The molecule has 1 heterocycles.